The Kier molecular flexibility index (Phi) is 4.93. The Morgan fingerprint density at radius 3 is 2.84 bits per heavy atom. The molecule has 104 valence electrons. The first kappa shape index (κ1) is 14.0. The molecule has 2 N–H and O–H groups in total. The van der Waals surface area contributed by atoms with Gasteiger partial charge in [-0.05, 0) is 44.1 Å². The summed E-state index contributed by atoms with van der Waals surface area (Å²) in [6, 6.07) is 8.38. The zero-order valence-corrected chi connectivity index (χ0v) is 11.6. The van der Waals surface area contributed by atoms with E-state index < -0.39 is 0 Å². The van der Waals surface area contributed by atoms with Crippen molar-refractivity contribution >= 4 is 5.91 Å². The highest BCUT2D eigenvalue weighted by atomic mass is 16.2. The van der Waals surface area contributed by atoms with Crippen LogP contribution in [-0.4, -0.2) is 48.9 Å². The molecular weight excluding hydrogens is 238 g/mol. The summed E-state index contributed by atoms with van der Waals surface area (Å²) < 4.78 is 0. The summed E-state index contributed by atoms with van der Waals surface area (Å²) in [7, 11) is 1.98. The summed E-state index contributed by atoms with van der Waals surface area (Å²) in [4.78, 5) is 16.2. The lowest BCUT2D eigenvalue weighted by atomic mass is 10.00. The fourth-order valence-corrected chi connectivity index (χ4v) is 2.48. The Bertz CT molecular complexity index is 433. The molecule has 0 atom stereocenters. The van der Waals surface area contributed by atoms with E-state index in [1.54, 1.807) is 0 Å². The van der Waals surface area contributed by atoms with Crippen molar-refractivity contribution in [2.75, 3.05) is 33.2 Å². The maximum Gasteiger partial charge on any atom is 0.237 e. The third-order valence-electron chi connectivity index (χ3n) is 3.63. The van der Waals surface area contributed by atoms with E-state index in [1.807, 2.05) is 18.0 Å². The van der Waals surface area contributed by atoms with Gasteiger partial charge in [-0.1, -0.05) is 24.3 Å². The second kappa shape index (κ2) is 6.68. The van der Waals surface area contributed by atoms with Crippen molar-refractivity contribution in [3.8, 4) is 0 Å². The first-order chi connectivity index (χ1) is 9.20. The second-order valence-electron chi connectivity index (χ2n) is 5.21. The Morgan fingerprint density at radius 1 is 1.37 bits per heavy atom. The van der Waals surface area contributed by atoms with E-state index in [2.05, 4.69) is 23.1 Å². The molecule has 0 aromatic heterocycles. The van der Waals surface area contributed by atoms with Gasteiger partial charge in [0.25, 0.3) is 0 Å². The van der Waals surface area contributed by atoms with Crippen LogP contribution in [0.5, 0.6) is 0 Å². The number of carbonyl (C=O) groups excluding carboxylic acids is 1. The molecule has 0 saturated heterocycles. The monoisotopic (exact) mass is 261 g/mol. The topological polar surface area (TPSA) is 49.6 Å². The van der Waals surface area contributed by atoms with Gasteiger partial charge in [-0.25, -0.2) is 0 Å². The molecule has 4 heteroatoms. The third-order valence-corrected chi connectivity index (χ3v) is 3.63. The summed E-state index contributed by atoms with van der Waals surface area (Å²) in [6.07, 6.45) is 1.90. The molecular formula is C15H23N3O. The minimum atomic E-state index is 0.217. The molecule has 0 aliphatic carbocycles. The lowest BCUT2D eigenvalue weighted by Crippen LogP contribution is -2.42. The summed E-state index contributed by atoms with van der Waals surface area (Å²) in [5.41, 5.74) is 8.14. The second-order valence-corrected chi connectivity index (χ2v) is 5.21. The number of nitrogens with two attached hydrogens (primary N) is 1. The molecule has 0 radical (unpaired) electrons. The molecule has 1 aliphatic rings. The third kappa shape index (κ3) is 3.78. The summed E-state index contributed by atoms with van der Waals surface area (Å²) in [5.74, 6) is 0.217. The standard InChI is InChI=1S/C15H23N3O/c1-17(9-4-8-16)12-15(19)18-10-7-13-5-2-3-6-14(13)11-18/h2-3,5-6H,4,7-12,16H2,1H3. The molecule has 0 spiro atoms. The van der Waals surface area contributed by atoms with Crippen molar-refractivity contribution < 1.29 is 4.79 Å². The maximum atomic E-state index is 12.2. The predicted molar refractivity (Wildman–Crippen MR) is 76.7 cm³/mol. The van der Waals surface area contributed by atoms with Gasteiger partial charge in [0.2, 0.25) is 5.91 Å². The minimum Gasteiger partial charge on any atom is -0.337 e. The van der Waals surface area contributed by atoms with Crippen LogP contribution < -0.4 is 5.73 Å². The number of fused-ring (bicyclic) bond motifs is 1. The van der Waals surface area contributed by atoms with Crippen LogP contribution >= 0.6 is 0 Å². The Morgan fingerprint density at radius 2 is 2.11 bits per heavy atom. The minimum absolute atomic E-state index is 0.217. The van der Waals surface area contributed by atoms with Crippen molar-refractivity contribution in [2.45, 2.75) is 19.4 Å². The van der Waals surface area contributed by atoms with Crippen LogP contribution in [0, 0.1) is 0 Å². The molecule has 0 unspecified atom stereocenters. The van der Waals surface area contributed by atoms with Gasteiger partial charge >= 0.3 is 0 Å². The molecule has 2 rings (SSSR count). The van der Waals surface area contributed by atoms with Gasteiger partial charge in [0, 0.05) is 13.1 Å². The molecule has 0 saturated carbocycles. The Labute approximate surface area is 115 Å². The number of nitrogens with zero attached hydrogens (tertiary/aromatic N) is 2. The maximum absolute atomic E-state index is 12.2. The average Bonchev–Trinajstić information content (AvgIpc) is 2.44. The fourth-order valence-electron chi connectivity index (χ4n) is 2.48. The van der Waals surface area contributed by atoms with Crippen molar-refractivity contribution in [2.24, 2.45) is 5.73 Å². The van der Waals surface area contributed by atoms with E-state index in [1.165, 1.54) is 11.1 Å². The van der Waals surface area contributed by atoms with Crippen LogP contribution in [-0.2, 0) is 17.8 Å². The molecule has 1 aliphatic heterocycles. The van der Waals surface area contributed by atoms with E-state index in [-0.39, 0.29) is 5.91 Å². The van der Waals surface area contributed by atoms with E-state index in [4.69, 9.17) is 5.73 Å². The van der Waals surface area contributed by atoms with Gasteiger partial charge in [-0.15, -0.1) is 0 Å². The number of rotatable bonds is 5. The SMILES string of the molecule is CN(CCCN)CC(=O)N1CCc2ccccc2C1. The smallest absolute Gasteiger partial charge is 0.237 e. The van der Waals surface area contributed by atoms with Crippen LogP contribution in [0.15, 0.2) is 24.3 Å². The normalized spacial score (nSPS) is 14.6. The predicted octanol–water partition coefficient (Wildman–Crippen LogP) is 0.852. The highest BCUT2D eigenvalue weighted by molar-refractivity contribution is 5.78. The van der Waals surface area contributed by atoms with E-state index in [0.29, 0.717) is 13.1 Å². The number of hydrogen-bond donors (Lipinski definition) is 1. The van der Waals surface area contributed by atoms with Crippen molar-refractivity contribution in [3.05, 3.63) is 35.4 Å². The number of amides is 1. The van der Waals surface area contributed by atoms with Crippen LogP contribution in [0.4, 0.5) is 0 Å². The fraction of sp³-hybridized carbons (Fsp3) is 0.533. The van der Waals surface area contributed by atoms with Crippen LogP contribution in [0.1, 0.15) is 17.5 Å². The largest absolute Gasteiger partial charge is 0.337 e. The number of likely N-dealkylation sites (N-methyl/N-ethyl adjacent to an activating group) is 1. The molecule has 1 aromatic carbocycles. The highest BCUT2D eigenvalue weighted by Gasteiger charge is 2.20. The summed E-state index contributed by atoms with van der Waals surface area (Å²) in [6.45, 7) is 3.63. The van der Waals surface area contributed by atoms with Gasteiger partial charge in [0.1, 0.15) is 0 Å². The first-order valence-corrected chi connectivity index (χ1v) is 6.94. The van der Waals surface area contributed by atoms with E-state index in [0.717, 1.165) is 32.5 Å². The van der Waals surface area contributed by atoms with Crippen LogP contribution in [0.2, 0.25) is 0 Å². The molecule has 19 heavy (non-hydrogen) atoms. The van der Waals surface area contributed by atoms with Gasteiger partial charge in [0.15, 0.2) is 0 Å². The molecule has 1 aromatic rings. The average molecular weight is 261 g/mol. The van der Waals surface area contributed by atoms with Crippen LogP contribution in [0.3, 0.4) is 0 Å². The summed E-state index contributed by atoms with van der Waals surface area (Å²) in [5, 5.41) is 0. The van der Waals surface area contributed by atoms with Crippen LogP contribution in [0.25, 0.3) is 0 Å². The Hall–Kier alpha value is -1.39. The molecule has 0 fully saturated rings. The Balaban J connectivity index is 1.88. The number of benzene rings is 1. The zero-order valence-electron chi connectivity index (χ0n) is 11.6. The highest BCUT2D eigenvalue weighted by Crippen LogP contribution is 2.18. The molecule has 4 nitrogen and oxygen atoms in total. The first-order valence-electron chi connectivity index (χ1n) is 6.94. The van der Waals surface area contributed by atoms with Crippen molar-refractivity contribution in [1.82, 2.24) is 9.80 Å². The van der Waals surface area contributed by atoms with Gasteiger partial charge in [-0.3, -0.25) is 9.69 Å². The van der Waals surface area contributed by atoms with Crippen molar-refractivity contribution in [1.29, 1.82) is 0 Å². The van der Waals surface area contributed by atoms with E-state index >= 15 is 0 Å². The summed E-state index contributed by atoms with van der Waals surface area (Å²) >= 11 is 0. The van der Waals surface area contributed by atoms with E-state index in [9.17, 15) is 4.79 Å². The lowest BCUT2D eigenvalue weighted by molar-refractivity contribution is -0.133. The number of hydrogen-bond acceptors (Lipinski definition) is 3. The molecule has 1 heterocycles. The zero-order chi connectivity index (χ0) is 13.7. The molecule has 0 bridgehead atoms. The molecule has 1 amide bonds. The van der Waals surface area contributed by atoms with Gasteiger partial charge in [0.05, 0.1) is 6.54 Å². The lowest BCUT2D eigenvalue weighted by Gasteiger charge is -2.30. The quantitative estimate of drug-likeness (QED) is 0.855. The van der Waals surface area contributed by atoms with Gasteiger partial charge < -0.3 is 10.6 Å². The van der Waals surface area contributed by atoms with Crippen molar-refractivity contribution in [3.63, 3.8) is 0 Å². The van der Waals surface area contributed by atoms with Gasteiger partial charge in [-0.2, -0.15) is 0 Å². The number of carbonyl (C=O) groups is 1.